The molecule has 0 saturated carbocycles. The lowest BCUT2D eigenvalue weighted by atomic mass is 10.0. The zero-order valence-electron chi connectivity index (χ0n) is 14.4. The summed E-state index contributed by atoms with van der Waals surface area (Å²) in [5.41, 5.74) is 3.89. The summed E-state index contributed by atoms with van der Waals surface area (Å²) in [6.07, 6.45) is 0.631. The molecule has 1 aliphatic heterocycles. The molecule has 1 fully saturated rings. The summed E-state index contributed by atoms with van der Waals surface area (Å²) in [6, 6.07) is 15.2. The van der Waals surface area contributed by atoms with Gasteiger partial charge in [0.1, 0.15) is 6.04 Å². The highest BCUT2D eigenvalue weighted by Crippen LogP contribution is 2.22. The van der Waals surface area contributed by atoms with Crippen LogP contribution in [0.5, 0.6) is 0 Å². The fourth-order valence-corrected chi connectivity index (χ4v) is 3.54. The SMILES string of the molecule is O=C(N[C@H]1CCNC1=O)c1ccc(-c2ccc(CSCCO)cc2)cc1. The monoisotopic (exact) mass is 370 g/mol. The van der Waals surface area contributed by atoms with Crippen molar-refractivity contribution in [1.82, 2.24) is 10.6 Å². The fraction of sp³-hybridized carbons (Fsp3) is 0.300. The van der Waals surface area contributed by atoms with Crippen LogP contribution in [0, 0.1) is 0 Å². The summed E-state index contributed by atoms with van der Waals surface area (Å²) in [5, 5.41) is 14.3. The van der Waals surface area contributed by atoms with Crippen molar-refractivity contribution in [3.8, 4) is 11.1 Å². The lowest BCUT2D eigenvalue weighted by Crippen LogP contribution is -2.40. The summed E-state index contributed by atoms with van der Waals surface area (Å²) in [5.74, 6) is 1.28. The predicted molar refractivity (Wildman–Crippen MR) is 104 cm³/mol. The Morgan fingerprint density at radius 3 is 2.35 bits per heavy atom. The van der Waals surface area contributed by atoms with Gasteiger partial charge in [-0.15, -0.1) is 0 Å². The van der Waals surface area contributed by atoms with Gasteiger partial charge >= 0.3 is 0 Å². The van der Waals surface area contributed by atoms with E-state index in [2.05, 4.69) is 34.9 Å². The number of nitrogens with one attached hydrogen (secondary N) is 2. The third-order valence-electron chi connectivity index (χ3n) is 4.29. The Hall–Kier alpha value is -2.31. The van der Waals surface area contributed by atoms with Crippen LogP contribution in [0.15, 0.2) is 48.5 Å². The number of aliphatic hydroxyl groups excluding tert-OH is 1. The molecule has 26 heavy (non-hydrogen) atoms. The Bertz CT molecular complexity index is 760. The maximum absolute atomic E-state index is 12.3. The van der Waals surface area contributed by atoms with Gasteiger partial charge in [-0.2, -0.15) is 11.8 Å². The van der Waals surface area contributed by atoms with Gasteiger partial charge in [0.2, 0.25) is 5.91 Å². The van der Waals surface area contributed by atoms with Gasteiger partial charge in [0.25, 0.3) is 5.91 Å². The quantitative estimate of drug-likeness (QED) is 0.653. The number of amides is 2. The lowest BCUT2D eigenvalue weighted by Gasteiger charge is -2.10. The molecule has 0 unspecified atom stereocenters. The number of benzene rings is 2. The van der Waals surface area contributed by atoms with E-state index in [9.17, 15) is 9.59 Å². The largest absolute Gasteiger partial charge is 0.396 e. The van der Waals surface area contributed by atoms with Gasteiger partial charge in [0.05, 0.1) is 6.61 Å². The molecule has 136 valence electrons. The molecule has 0 bridgehead atoms. The zero-order valence-corrected chi connectivity index (χ0v) is 15.2. The number of carbonyl (C=O) groups excluding carboxylic acids is 2. The minimum Gasteiger partial charge on any atom is -0.396 e. The molecule has 0 spiro atoms. The van der Waals surface area contributed by atoms with E-state index >= 15 is 0 Å². The first-order chi connectivity index (χ1) is 12.7. The topological polar surface area (TPSA) is 78.4 Å². The van der Waals surface area contributed by atoms with E-state index in [0.29, 0.717) is 18.5 Å². The molecular weight excluding hydrogens is 348 g/mol. The molecule has 0 radical (unpaired) electrons. The van der Waals surface area contributed by atoms with Gasteiger partial charge in [0, 0.05) is 23.6 Å². The van der Waals surface area contributed by atoms with Gasteiger partial charge < -0.3 is 15.7 Å². The Morgan fingerprint density at radius 2 is 1.77 bits per heavy atom. The fourth-order valence-electron chi connectivity index (χ4n) is 2.84. The third kappa shape index (κ3) is 4.65. The van der Waals surface area contributed by atoms with Gasteiger partial charge in [-0.05, 0) is 35.2 Å². The molecule has 3 rings (SSSR count). The molecule has 1 heterocycles. The minimum absolute atomic E-state index is 0.118. The van der Waals surface area contributed by atoms with Crippen molar-refractivity contribution in [3.05, 3.63) is 59.7 Å². The minimum atomic E-state index is -0.432. The van der Waals surface area contributed by atoms with Crippen LogP contribution in [0.25, 0.3) is 11.1 Å². The molecule has 3 N–H and O–H groups in total. The molecule has 1 atom stereocenters. The molecule has 2 amide bonds. The van der Waals surface area contributed by atoms with Crippen molar-refractivity contribution in [2.75, 3.05) is 18.9 Å². The van der Waals surface area contributed by atoms with Crippen LogP contribution in [0.4, 0.5) is 0 Å². The summed E-state index contributed by atoms with van der Waals surface area (Å²) in [4.78, 5) is 23.8. The molecule has 0 aliphatic carbocycles. The van der Waals surface area contributed by atoms with Gasteiger partial charge in [-0.1, -0.05) is 36.4 Å². The highest BCUT2D eigenvalue weighted by molar-refractivity contribution is 7.98. The van der Waals surface area contributed by atoms with Crippen LogP contribution >= 0.6 is 11.8 Å². The second kappa shape index (κ2) is 8.87. The van der Waals surface area contributed by atoms with Crippen molar-refractivity contribution in [2.24, 2.45) is 0 Å². The van der Waals surface area contributed by atoms with E-state index in [1.165, 1.54) is 5.56 Å². The molecule has 1 aliphatic rings. The third-order valence-corrected chi connectivity index (χ3v) is 5.30. The van der Waals surface area contributed by atoms with Gasteiger partial charge in [0.15, 0.2) is 0 Å². The van der Waals surface area contributed by atoms with E-state index in [0.717, 1.165) is 22.6 Å². The number of carbonyl (C=O) groups is 2. The number of hydrogen-bond acceptors (Lipinski definition) is 4. The standard InChI is InChI=1S/C20H22N2O3S/c23-11-12-26-13-14-1-3-15(4-2-14)16-5-7-17(8-6-16)19(24)22-18-9-10-21-20(18)25/h1-8,18,23H,9-13H2,(H,21,25)(H,22,24)/t18-/m0/s1. The Kier molecular flexibility index (Phi) is 6.30. The maximum atomic E-state index is 12.3. The number of rotatable bonds is 7. The summed E-state index contributed by atoms with van der Waals surface area (Å²) < 4.78 is 0. The zero-order chi connectivity index (χ0) is 18.4. The van der Waals surface area contributed by atoms with Crippen molar-refractivity contribution in [2.45, 2.75) is 18.2 Å². The van der Waals surface area contributed by atoms with Crippen LogP contribution in [-0.4, -0.2) is 41.9 Å². The smallest absolute Gasteiger partial charge is 0.251 e. The predicted octanol–water partition coefficient (Wildman–Crippen LogP) is 2.20. The van der Waals surface area contributed by atoms with Crippen LogP contribution in [0.2, 0.25) is 0 Å². The van der Waals surface area contributed by atoms with Crippen molar-refractivity contribution in [3.63, 3.8) is 0 Å². The van der Waals surface area contributed by atoms with E-state index in [1.807, 2.05) is 12.1 Å². The average Bonchev–Trinajstić information content (AvgIpc) is 3.07. The first kappa shape index (κ1) is 18.5. The molecule has 6 heteroatoms. The Balaban J connectivity index is 1.61. The summed E-state index contributed by atoms with van der Waals surface area (Å²) in [6.45, 7) is 0.811. The normalized spacial score (nSPS) is 16.3. The highest BCUT2D eigenvalue weighted by Gasteiger charge is 2.25. The molecule has 5 nitrogen and oxygen atoms in total. The molecular formula is C20H22N2O3S. The van der Waals surface area contributed by atoms with Gasteiger partial charge in [-0.3, -0.25) is 9.59 Å². The lowest BCUT2D eigenvalue weighted by molar-refractivity contribution is -0.120. The number of hydrogen-bond donors (Lipinski definition) is 3. The van der Waals surface area contributed by atoms with Crippen LogP contribution < -0.4 is 10.6 Å². The second-order valence-corrected chi connectivity index (χ2v) is 7.26. The van der Waals surface area contributed by atoms with Crippen molar-refractivity contribution in [1.29, 1.82) is 0 Å². The van der Waals surface area contributed by atoms with Crippen LogP contribution in [-0.2, 0) is 10.5 Å². The van der Waals surface area contributed by atoms with Crippen LogP contribution in [0.1, 0.15) is 22.3 Å². The Morgan fingerprint density at radius 1 is 1.12 bits per heavy atom. The van der Waals surface area contributed by atoms with E-state index in [4.69, 9.17) is 5.11 Å². The molecule has 1 saturated heterocycles. The first-order valence-corrected chi connectivity index (χ1v) is 9.79. The first-order valence-electron chi connectivity index (χ1n) is 8.64. The van der Waals surface area contributed by atoms with E-state index < -0.39 is 6.04 Å². The second-order valence-electron chi connectivity index (χ2n) is 6.16. The van der Waals surface area contributed by atoms with Crippen molar-refractivity contribution >= 4 is 23.6 Å². The van der Waals surface area contributed by atoms with E-state index in [-0.39, 0.29) is 18.4 Å². The highest BCUT2D eigenvalue weighted by atomic mass is 32.2. The summed E-state index contributed by atoms with van der Waals surface area (Å²) >= 11 is 1.70. The Labute approximate surface area is 157 Å². The van der Waals surface area contributed by atoms with Gasteiger partial charge in [-0.25, -0.2) is 0 Å². The molecule has 2 aromatic carbocycles. The average molecular weight is 370 g/mol. The maximum Gasteiger partial charge on any atom is 0.251 e. The molecule has 0 aromatic heterocycles. The van der Waals surface area contributed by atoms with Crippen LogP contribution in [0.3, 0.4) is 0 Å². The number of thioether (sulfide) groups is 1. The summed E-state index contributed by atoms with van der Waals surface area (Å²) in [7, 11) is 0. The molecule has 2 aromatic rings. The number of aliphatic hydroxyl groups is 1. The van der Waals surface area contributed by atoms with E-state index in [1.54, 1.807) is 23.9 Å². The van der Waals surface area contributed by atoms with Crippen molar-refractivity contribution < 1.29 is 14.7 Å².